The molecule has 0 amide bonds. The van der Waals surface area contributed by atoms with Gasteiger partial charge in [0.1, 0.15) is 0 Å². The normalized spacial score (nSPS) is 6.47. The van der Waals surface area contributed by atoms with Gasteiger partial charge in [-0.1, -0.05) is 53.4 Å². The molecule has 0 heterocycles. The molecule has 0 N–H and O–H groups in total. The van der Waals surface area contributed by atoms with Gasteiger partial charge in [0.2, 0.25) is 0 Å². The molecule has 0 aromatic heterocycles. The minimum Gasteiger partial charge on any atom is -0.550 e. The predicted molar refractivity (Wildman–Crippen MR) is 68.3 cm³/mol. The molecule has 0 bridgehead atoms. The molecule has 5 heteroatoms. The second-order valence-corrected chi connectivity index (χ2v) is 2.98. The summed E-state index contributed by atoms with van der Waals surface area (Å²) in [4.78, 5) is 17.8. The summed E-state index contributed by atoms with van der Waals surface area (Å²) in [5.74, 6) is -2.17. The average molecular weight is 353 g/mol. The Hall–Kier alpha value is -0.261. The van der Waals surface area contributed by atoms with Crippen LogP contribution in [0.25, 0.3) is 0 Å². The molecule has 0 aliphatic rings. The van der Waals surface area contributed by atoms with E-state index in [9.17, 15) is 0 Å². The Labute approximate surface area is 123 Å². The number of hydrogen-bond donors (Lipinski definition) is 0. The number of rotatable bonds is 2. The molecular weight excluding hydrogens is 327 g/mol. The summed E-state index contributed by atoms with van der Waals surface area (Å²) < 4.78 is 0. The Morgan fingerprint density at radius 3 is 0.765 bits per heavy atom. The van der Waals surface area contributed by atoms with Crippen molar-refractivity contribution in [1.82, 2.24) is 0 Å². The van der Waals surface area contributed by atoms with Crippen molar-refractivity contribution in [3.63, 3.8) is 0 Å². The third-order valence-corrected chi connectivity index (χ3v) is 1.000. The van der Waals surface area contributed by atoms with Gasteiger partial charge in [-0.25, -0.2) is 0 Å². The SMILES string of the molecule is CC(=O)[O-].CC(=O)[O-].CCCC.CCCC.[Sn+2]. The largest absolute Gasteiger partial charge is 2.00 e. The van der Waals surface area contributed by atoms with Gasteiger partial charge < -0.3 is 19.8 Å². The van der Waals surface area contributed by atoms with Gasteiger partial charge in [0.25, 0.3) is 0 Å². The molecule has 17 heavy (non-hydrogen) atoms. The molecule has 102 valence electrons. The first-order chi connectivity index (χ1) is 7.29. The Kier molecular flexibility index (Phi) is 63.8. The fourth-order valence-electron chi connectivity index (χ4n) is 0. The number of aliphatic carboxylic acids is 2. The van der Waals surface area contributed by atoms with Crippen LogP contribution in [0, 0.1) is 0 Å². The van der Waals surface area contributed by atoms with Gasteiger partial charge in [-0.2, -0.15) is 0 Å². The zero-order chi connectivity index (χ0) is 14.0. The number of carbonyl (C=O) groups is 2. The summed E-state index contributed by atoms with van der Waals surface area (Å²) >= 11 is 0. The van der Waals surface area contributed by atoms with Crippen molar-refractivity contribution in [2.75, 3.05) is 0 Å². The van der Waals surface area contributed by atoms with Gasteiger partial charge in [0.15, 0.2) is 0 Å². The zero-order valence-electron chi connectivity index (χ0n) is 12.0. The topological polar surface area (TPSA) is 80.3 Å². The van der Waals surface area contributed by atoms with Crippen LogP contribution in [-0.2, 0) is 9.59 Å². The van der Waals surface area contributed by atoms with Crippen LogP contribution in [0.1, 0.15) is 67.2 Å². The van der Waals surface area contributed by atoms with E-state index in [2.05, 4.69) is 27.7 Å². The van der Waals surface area contributed by atoms with Crippen molar-refractivity contribution in [2.45, 2.75) is 67.2 Å². The fraction of sp³-hybridized carbons (Fsp3) is 0.833. The van der Waals surface area contributed by atoms with Gasteiger partial charge >= 0.3 is 23.9 Å². The van der Waals surface area contributed by atoms with E-state index in [0.29, 0.717) is 0 Å². The molecule has 0 fully saturated rings. The molecule has 0 saturated carbocycles. The van der Waals surface area contributed by atoms with Crippen LogP contribution in [0.4, 0.5) is 0 Å². The monoisotopic (exact) mass is 354 g/mol. The van der Waals surface area contributed by atoms with Gasteiger partial charge in [-0.3, -0.25) is 0 Å². The Morgan fingerprint density at radius 2 is 0.765 bits per heavy atom. The number of unbranched alkanes of at least 4 members (excludes halogenated alkanes) is 2. The second-order valence-electron chi connectivity index (χ2n) is 2.98. The summed E-state index contributed by atoms with van der Waals surface area (Å²) in [6, 6.07) is 0. The van der Waals surface area contributed by atoms with Crippen LogP contribution in [0.15, 0.2) is 0 Å². The molecule has 2 radical (unpaired) electrons. The average Bonchev–Trinajstić information content (AvgIpc) is 2.16. The molecule has 0 rings (SSSR count). The molecule has 0 aromatic carbocycles. The molecule has 0 spiro atoms. The molecule has 0 saturated heterocycles. The molecular formula is C12H26O4Sn. The van der Waals surface area contributed by atoms with Crippen LogP contribution in [0.3, 0.4) is 0 Å². The zero-order valence-corrected chi connectivity index (χ0v) is 14.8. The van der Waals surface area contributed by atoms with Crippen molar-refractivity contribution >= 4 is 35.8 Å². The molecule has 0 aliphatic heterocycles. The summed E-state index contributed by atoms with van der Waals surface area (Å²) in [6.07, 6.45) is 5.28. The van der Waals surface area contributed by atoms with E-state index in [-0.39, 0.29) is 23.9 Å². The molecule has 0 unspecified atom stereocenters. The number of carboxylic acid groups (broad SMARTS) is 2. The first-order valence-corrected chi connectivity index (χ1v) is 5.64. The van der Waals surface area contributed by atoms with Crippen LogP contribution < -0.4 is 10.2 Å². The van der Waals surface area contributed by atoms with Crippen molar-refractivity contribution < 1.29 is 19.8 Å². The van der Waals surface area contributed by atoms with Crippen LogP contribution >= 0.6 is 0 Å². The van der Waals surface area contributed by atoms with Crippen molar-refractivity contribution in [1.29, 1.82) is 0 Å². The van der Waals surface area contributed by atoms with Crippen molar-refractivity contribution in [3.05, 3.63) is 0 Å². The second kappa shape index (κ2) is 36.0. The first kappa shape index (κ1) is 30.1. The number of carbonyl (C=O) groups excluding carboxylic acids is 2. The third-order valence-electron chi connectivity index (χ3n) is 1.000. The van der Waals surface area contributed by atoms with E-state index < -0.39 is 11.9 Å². The summed E-state index contributed by atoms with van der Waals surface area (Å²) in [5.41, 5.74) is 0. The van der Waals surface area contributed by atoms with E-state index in [4.69, 9.17) is 19.8 Å². The minimum atomic E-state index is -1.08. The molecule has 0 aromatic rings. The molecule has 0 atom stereocenters. The standard InChI is InChI=1S/2C4H10.2C2H4O2.Sn/c2*1-3-4-2;2*1-2(3)4;/h2*3-4H2,1-2H3;2*1H3,(H,3,4);/q;;;;+2/p-2. The molecule has 0 aliphatic carbocycles. The Bertz CT molecular complexity index is 110. The van der Waals surface area contributed by atoms with E-state index in [1.807, 2.05) is 0 Å². The van der Waals surface area contributed by atoms with Crippen molar-refractivity contribution in [2.24, 2.45) is 0 Å². The smallest absolute Gasteiger partial charge is 0.550 e. The van der Waals surface area contributed by atoms with E-state index in [0.717, 1.165) is 13.8 Å². The maximum Gasteiger partial charge on any atom is 2.00 e. The van der Waals surface area contributed by atoms with E-state index in [1.54, 1.807) is 0 Å². The summed E-state index contributed by atoms with van der Waals surface area (Å²) in [7, 11) is 0. The van der Waals surface area contributed by atoms with Gasteiger partial charge in [0.05, 0.1) is 0 Å². The maximum atomic E-state index is 8.89. The number of carboxylic acids is 2. The first-order valence-electron chi connectivity index (χ1n) is 5.64. The number of hydrogen-bond acceptors (Lipinski definition) is 4. The van der Waals surface area contributed by atoms with E-state index >= 15 is 0 Å². The van der Waals surface area contributed by atoms with Gasteiger partial charge in [-0.15, -0.1) is 0 Å². The van der Waals surface area contributed by atoms with Crippen LogP contribution in [-0.4, -0.2) is 35.8 Å². The van der Waals surface area contributed by atoms with Gasteiger partial charge in [-0.05, 0) is 13.8 Å². The third kappa shape index (κ3) is 983. The fourth-order valence-corrected chi connectivity index (χ4v) is 0. The Morgan fingerprint density at radius 1 is 0.706 bits per heavy atom. The van der Waals surface area contributed by atoms with Crippen molar-refractivity contribution in [3.8, 4) is 0 Å². The Balaban J connectivity index is -0.0000000369. The van der Waals surface area contributed by atoms with Crippen LogP contribution in [0.5, 0.6) is 0 Å². The quantitative estimate of drug-likeness (QED) is 0.686. The maximum absolute atomic E-state index is 8.89. The predicted octanol–water partition coefficient (Wildman–Crippen LogP) is 0.744. The molecule has 4 nitrogen and oxygen atoms in total. The summed E-state index contributed by atoms with van der Waals surface area (Å²) in [5, 5.41) is 17.8. The van der Waals surface area contributed by atoms with Gasteiger partial charge in [0, 0.05) is 11.9 Å². The minimum absolute atomic E-state index is 0. The van der Waals surface area contributed by atoms with Crippen LogP contribution in [0.2, 0.25) is 0 Å². The summed E-state index contributed by atoms with van der Waals surface area (Å²) in [6.45, 7) is 10.7. The van der Waals surface area contributed by atoms with E-state index in [1.165, 1.54) is 25.7 Å².